The molecule has 2 rings (SSSR count). The predicted molar refractivity (Wildman–Crippen MR) is 65.5 cm³/mol. The fourth-order valence-corrected chi connectivity index (χ4v) is 1.75. The third-order valence-electron chi connectivity index (χ3n) is 2.62. The number of nitro benzene ring substituents is 1. The zero-order chi connectivity index (χ0) is 13.1. The molecule has 1 heterocycles. The molecule has 0 atom stereocenters. The van der Waals surface area contributed by atoms with Gasteiger partial charge in [-0.2, -0.15) is 0 Å². The Bertz CT molecular complexity index is 609. The number of ketones is 1. The zero-order valence-corrected chi connectivity index (χ0v) is 9.66. The Labute approximate surface area is 103 Å². The van der Waals surface area contributed by atoms with Crippen molar-refractivity contribution in [3.05, 3.63) is 69.5 Å². The highest BCUT2D eigenvalue weighted by atomic mass is 16.6. The molecule has 1 aromatic carbocycles. The molecule has 5 heteroatoms. The highest BCUT2D eigenvalue weighted by Crippen LogP contribution is 2.24. The van der Waals surface area contributed by atoms with E-state index in [1.165, 1.54) is 18.5 Å². The van der Waals surface area contributed by atoms with Gasteiger partial charge in [0.15, 0.2) is 5.78 Å². The molecule has 1 aromatic heterocycles. The molecule has 0 aliphatic carbocycles. The summed E-state index contributed by atoms with van der Waals surface area (Å²) in [6.07, 6.45) is 2.97. The van der Waals surface area contributed by atoms with Crippen LogP contribution in [0.1, 0.15) is 21.5 Å². The van der Waals surface area contributed by atoms with Gasteiger partial charge in [0, 0.05) is 24.0 Å². The van der Waals surface area contributed by atoms with Crippen LogP contribution in [0.15, 0.2) is 42.7 Å². The van der Waals surface area contributed by atoms with Crippen LogP contribution in [0, 0.1) is 17.0 Å². The molecule has 0 aliphatic heterocycles. The molecule has 90 valence electrons. The minimum absolute atomic E-state index is 0.133. The maximum atomic E-state index is 12.3. The molecule has 0 spiro atoms. The predicted octanol–water partition coefficient (Wildman–Crippen LogP) is 2.53. The van der Waals surface area contributed by atoms with Crippen molar-refractivity contribution in [2.75, 3.05) is 0 Å². The van der Waals surface area contributed by atoms with E-state index in [1.54, 1.807) is 31.2 Å². The van der Waals surface area contributed by atoms with E-state index in [2.05, 4.69) is 4.98 Å². The summed E-state index contributed by atoms with van der Waals surface area (Å²) in [6.45, 7) is 1.68. The first-order valence-electron chi connectivity index (χ1n) is 5.30. The molecule has 0 radical (unpaired) electrons. The van der Waals surface area contributed by atoms with Crippen LogP contribution in [0.5, 0.6) is 0 Å². The Balaban J connectivity index is 2.58. The lowest BCUT2D eigenvalue weighted by Gasteiger charge is -2.05. The lowest BCUT2D eigenvalue weighted by atomic mass is 9.98. The van der Waals surface area contributed by atoms with E-state index in [1.807, 2.05) is 0 Å². The molecule has 2 aromatic rings. The first-order chi connectivity index (χ1) is 8.61. The molecule has 0 aliphatic rings. The van der Waals surface area contributed by atoms with Gasteiger partial charge in [-0.05, 0) is 24.6 Å². The van der Waals surface area contributed by atoms with Gasteiger partial charge in [-0.25, -0.2) is 0 Å². The average Bonchev–Trinajstić information content (AvgIpc) is 2.38. The lowest BCUT2D eigenvalue weighted by molar-refractivity contribution is -0.385. The topological polar surface area (TPSA) is 73.1 Å². The second-order valence-corrected chi connectivity index (χ2v) is 3.79. The summed E-state index contributed by atoms with van der Waals surface area (Å²) in [6, 6.07) is 7.66. The lowest BCUT2D eigenvalue weighted by Crippen LogP contribution is -2.07. The van der Waals surface area contributed by atoms with Crippen LogP contribution >= 0.6 is 0 Å². The number of nitrogens with zero attached hydrogens (tertiary/aromatic N) is 2. The molecular weight excluding hydrogens is 232 g/mol. The van der Waals surface area contributed by atoms with Crippen LogP contribution < -0.4 is 0 Å². The second kappa shape index (κ2) is 4.75. The molecule has 0 fully saturated rings. The van der Waals surface area contributed by atoms with E-state index in [9.17, 15) is 14.9 Å². The number of hydrogen-bond acceptors (Lipinski definition) is 4. The minimum Gasteiger partial charge on any atom is -0.288 e. The van der Waals surface area contributed by atoms with E-state index >= 15 is 0 Å². The van der Waals surface area contributed by atoms with Gasteiger partial charge in [-0.1, -0.05) is 12.1 Å². The van der Waals surface area contributed by atoms with Gasteiger partial charge in [0.25, 0.3) is 5.69 Å². The number of aromatic nitrogens is 1. The zero-order valence-electron chi connectivity index (χ0n) is 9.66. The van der Waals surface area contributed by atoms with Gasteiger partial charge in [-0.3, -0.25) is 19.9 Å². The van der Waals surface area contributed by atoms with Crippen LogP contribution in [-0.4, -0.2) is 15.7 Å². The summed E-state index contributed by atoms with van der Waals surface area (Å²) < 4.78 is 0. The number of carbonyl (C=O) groups excluding carboxylic acids is 1. The number of aryl methyl sites for hydroxylation is 1. The van der Waals surface area contributed by atoms with Crippen molar-refractivity contribution < 1.29 is 9.72 Å². The molecule has 18 heavy (non-hydrogen) atoms. The van der Waals surface area contributed by atoms with Gasteiger partial charge in [0.1, 0.15) is 5.56 Å². The van der Waals surface area contributed by atoms with Gasteiger partial charge in [-0.15, -0.1) is 0 Å². The van der Waals surface area contributed by atoms with Gasteiger partial charge in [0.2, 0.25) is 0 Å². The molecule has 0 amide bonds. The Kier molecular flexibility index (Phi) is 3.14. The molecule has 0 N–H and O–H groups in total. The van der Waals surface area contributed by atoms with Gasteiger partial charge < -0.3 is 0 Å². The van der Waals surface area contributed by atoms with Crippen molar-refractivity contribution in [2.24, 2.45) is 0 Å². The smallest absolute Gasteiger partial charge is 0.280 e. The molecule has 0 bridgehead atoms. The van der Waals surface area contributed by atoms with Crippen molar-refractivity contribution >= 4 is 11.5 Å². The molecule has 5 nitrogen and oxygen atoms in total. The first kappa shape index (κ1) is 11.9. The van der Waals surface area contributed by atoms with Crippen LogP contribution in [0.2, 0.25) is 0 Å². The summed E-state index contributed by atoms with van der Waals surface area (Å²) in [5.74, 6) is -0.359. The SMILES string of the molecule is Cc1cccc([N+](=O)[O-])c1C(=O)c1ccncc1. The fourth-order valence-electron chi connectivity index (χ4n) is 1.75. The summed E-state index contributed by atoms with van der Waals surface area (Å²) in [5.41, 5.74) is 0.943. The van der Waals surface area contributed by atoms with E-state index < -0.39 is 4.92 Å². The highest BCUT2D eigenvalue weighted by molar-refractivity contribution is 6.12. The van der Waals surface area contributed by atoms with Crippen molar-refractivity contribution in [1.29, 1.82) is 0 Å². The highest BCUT2D eigenvalue weighted by Gasteiger charge is 2.22. The van der Waals surface area contributed by atoms with Crippen molar-refractivity contribution in [2.45, 2.75) is 6.92 Å². The number of pyridine rings is 1. The van der Waals surface area contributed by atoms with Crippen LogP contribution in [0.3, 0.4) is 0 Å². The van der Waals surface area contributed by atoms with Gasteiger partial charge in [0.05, 0.1) is 4.92 Å². The Morgan fingerprint density at radius 1 is 1.22 bits per heavy atom. The first-order valence-corrected chi connectivity index (χ1v) is 5.30. The van der Waals surface area contributed by atoms with Crippen LogP contribution in [-0.2, 0) is 0 Å². The quantitative estimate of drug-likeness (QED) is 0.471. The molecule has 0 saturated carbocycles. The van der Waals surface area contributed by atoms with E-state index in [4.69, 9.17) is 0 Å². The monoisotopic (exact) mass is 242 g/mol. The minimum atomic E-state index is -0.540. The number of carbonyl (C=O) groups is 1. The Hall–Kier alpha value is -2.56. The summed E-state index contributed by atoms with van der Waals surface area (Å²) >= 11 is 0. The largest absolute Gasteiger partial charge is 0.288 e. The van der Waals surface area contributed by atoms with E-state index in [0.29, 0.717) is 11.1 Å². The standard InChI is InChI=1S/C13H10N2O3/c1-9-3-2-4-11(15(17)18)12(9)13(16)10-5-7-14-8-6-10/h2-8H,1H3. The van der Waals surface area contributed by atoms with Crippen LogP contribution in [0.25, 0.3) is 0 Å². The second-order valence-electron chi connectivity index (χ2n) is 3.79. The Morgan fingerprint density at radius 3 is 2.50 bits per heavy atom. The number of nitro groups is 1. The fraction of sp³-hybridized carbons (Fsp3) is 0.0769. The van der Waals surface area contributed by atoms with E-state index in [-0.39, 0.29) is 17.0 Å². The number of hydrogen-bond donors (Lipinski definition) is 0. The maximum Gasteiger partial charge on any atom is 0.280 e. The van der Waals surface area contributed by atoms with E-state index in [0.717, 1.165) is 0 Å². The summed E-state index contributed by atoms with van der Waals surface area (Å²) in [7, 11) is 0. The molecule has 0 unspecified atom stereocenters. The van der Waals surface area contributed by atoms with Crippen LogP contribution in [0.4, 0.5) is 5.69 Å². The van der Waals surface area contributed by atoms with Crippen molar-refractivity contribution in [1.82, 2.24) is 4.98 Å². The van der Waals surface area contributed by atoms with Gasteiger partial charge >= 0.3 is 0 Å². The number of rotatable bonds is 3. The van der Waals surface area contributed by atoms with Crippen molar-refractivity contribution in [3.63, 3.8) is 0 Å². The average molecular weight is 242 g/mol. The summed E-state index contributed by atoms with van der Waals surface area (Å²) in [4.78, 5) is 26.5. The third-order valence-corrected chi connectivity index (χ3v) is 2.62. The molecular formula is C13H10N2O3. The Morgan fingerprint density at radius 2 is 1.89 bits per heavy atom. The summed E-state index contributed by atoms with van der Waals surface area (Å²) in [5, 5.41) is 11.0. The van der Waals surface area contributed by atoms with Crippen molar-refractivity contribution in [3.8, 4) is 0 Å². The molecule has 0 saturated heterocycles. The number of benzene rings is 1. The normalized spacial score (nSPS) is 10.1. The third kappa shape index (κ3) is 2.10. The maximum absolute atomic E-state index is 12.3.